The molecule has 1 unspecified atom stereocenters. The molecule has 2 aromatic rings. The molecule has 1 aromatic heterocycles. The van der Waals surface area contributed by atoms with Crippen LogP contribution < -0.4 is 0 Å². The molecule has 4 rings (SSSR count). The second-order valence-electron chi connectivity index (χ2n) is 8.84. The van der Waals surface area contributed by atoms with Crippen LogP contribution in [0.1, 0.15) is 37.0 Å². The van der Waals surface area contributed by atoms with Crippen LogP contribution in [0.15, 0.2) is 34.9 Å². The minimum Gasteiger partial charge on any atom is -0.361 e. The van der Waals surface area contributed by atoms with Crippen molar-refractivity contribution in [2.45, 2.75) is 39.0 Å². The fourth-order valence-electron chi connectivity index (χ4n) is 4.37. The SMILES string of the molecule is Cc1ccc(-c2cc(CC3(C(=O)N(C)C)CCCN(C(=O)C4CC4)C3)on2)cc1. The molecule has 1 atom stereocenters. The van der Waals surface area contributed by atoms with Gasteiger partial charge in [0.05, 0.1) is 5.41 Å². The maximum absolute atomic E-state index is 13.2. The van der Waals surface area contributed by atoms with Gasteiger partial charge in [-0.1, -0.05) is 35.0 Å². The van der Waals surface area contributed by atoms with Crippen LogP contribution in [0.2, 0.25) is 0 Å². The molecule has 2 fully saturated rings. The Morgan fingerprint density at radius 2 is 1.97 bits per heavy atom. The number of carbonyl (C=O) groups excluding carboxylic acids is 2. The summed E-state index contributed by atoms with van der Waals surface area (Å²) in [5, 5.41) is 4.23. The van der Waals surface area contributed by atoms with Crippen molar-refractivity contribution in [3.05, 3.63) is 41.7 Å². The van der Waals surface area contributed by atoms with Gasteiger partial charge in [0, 0.05) is 51.2 Å². The quantitative estimate of drug-likeness (QED) is 0.779. The second-order valence-corrected chi connectivity index (χ2v) is 8.84. The molecule has 2 heterocycles. The lowest BCUT2D eigenvalue weighted by Crippen LogP contribution is -2.54. The Kier molecular flexibility index (Phi) is 5.19. The van der Waals surface area contributed by atoms with Crippen LogP contribution in [0.3, 0.4) is 0 Å². The summed E-state index contributed by atoms with van der Waals surface area (Å²) in [5.41, 5.74) is 2.30. The fraction of sp³-hybridized carbons (Fsp3) is 0.522. The molecular weight excluding hydrogens is 366 g/mol. The van der Waals surface area contributed by atoms with Gasteiger partial charge in [-0.3, -0.25) is 9.59 Å². The third-order valence-corrected chi connectivity index (χ3v) is 6.09. The maximum atomic E-state index is 13.2. The van der Waals surface area contributed by atoms with Gasteiger partial charge in [-0.2, -0.15) is 0 Å². The van der Waals surface area contributed by atoms with Gasteiger partial charge in [0.15, 0.2) is 0 Å². The van der Waals surface area contributed by atoms with E-state index < -0.39 is 5.41 Å². The molecule has 154 valence electrons. The van der Waals surface area contributed by atoms with E-state index >= 15 is 0 Å². The van der Waals surface area contributed by atoms with Crippen LogP contribution >= 0.6 is 0 Å². The number of hydrogen-bond acceptors (Lipinski definition) is 4. The van der Waals surface area contributed by atoms with Crippen molar-refractivity contribution >= 4 is 11.8 Å². The van der Waals surface area contributed by atoms with Crippen molar-refractivity contribution in [1.29, 1.82) is 0 Å². The summed E-state index contributed by atoms with van der Waals surface area (Å²) < 4.78 is 5.64. The summed E-state index contributed by atoms with van der Waals surface area (Å²) in [6.07, 6.45) is 3.99. The van der Waals surface area contributed by atoms with E-state index in [0.29, 0.717) is 18.7 Å². The predicted molar refractivity (Wildman–Crippen MR) is 110 cm³/mol. The Morgan fingerprint density at radius 3 is 2.62 bits per heavy atom. The zero-order valence-corrected chi connectivity index (χ0v) is 17.5. The van der Waals surface area contributed by atoms with E-state index in [1.54, 1.807) is 19.0 Å². The largest absolute Gasteiger partial charge is 0.361 e. The van der Waals surface area contributed by atoms with Crippen LogP contribution in [0, 0.1) is 18.3 Å². The van der Waals surface area contributed by atoms with E-state index in [1.165, 1.54) is 5.56 Å². The molecule has 6 heteroatoms. The van der Waals surface area contributed by atoms with Crippen LogP contribution in [0.4, 0.5) is 0 Å². The average Bonchev–Trinajstić information content (AvgIpc) is 3.47. The van der Waals surface area contributed by atoms with Gasteiger partial charge in [0.1, 0.15) is 11.5 Å². The molecule has 1 saturated carbocycles. The standard InChI is InChI=1S/C23H29N3O3/c1-16-5-7-17(8-6-16)20-13-19(29-24-20)14-23(22(28)25(2)3)11-4-12-26(15-23)21(27)18-9-10-18/h5-8,13,18H,4,9-12,14-15H2,1-3H3. The molecule has 1 aromatic carbocycles. The summed E-state index contributed by atoms with van der Waals surface area (Å²) >= 11 is 0. The summed E-state index contributed by atoms with van der Waals surface area (Å²) in [5.74, 6) is 1.12. The number of aryl methyl sites for hydroxylation is 1. The fourth-order valence-corrected chi connectivity index (χ4v) is 4.37. The Hall–Kier alpha value is -2.63. The van der Waals surface area contributed by atoms with Crippen molar-refractivity contribution in [3.63, 3.8) is 0 Å². The van der Waals surface area contributed by atoms with Crippen molar-refractivity contribution in [2.75, 3.05) is 27.2 Å². The van der Waals surface area contributed by atoms with Gasteiger partial charge in [-0.25, -0.2) is 0 Å². The molecule has 2 amide bonds. The average molecular weight is 396 g/mol. The minimum atomic E-state index is -0.656. The minimum absolute atomic E-state index is 0.0547. The molecule has 1 aliphatic heterocycles. The van der Waals surface area contributed by atoms with Crippen LogP contribution in [0.5, 0.6) is 0 Å². The number of aromatic nitrogens is 1. The summed E-state index contributed by atoms with van der Waals surface area (Å²) in [4.78, 5) is 29.4. The Balaban J connectivity index is 1.58. The van der Waals surface area contributed by atoms with Crippen LogP contribution in [-0.4, -0.2) is 54.0 Å². The monoisotopic (exact) mass is 395 g/mol. The van der Waals surface area contributed by atoms with Gasteiger partial charge in [-0.05, 0) is 32.6 Å². The number of likely N-dealkylation sites (tertiary alicyclic amines) is 1. The summed E-state index contributed by atoms with van der Waals surface area (Å²) in [6.45, 7) is 3.25. The van der Waals surface area contributed by atoms with Crippen molar-refractivity contribution in [3.8, 4) is 11.3 Å². The molecule has 0 spiro atoms. The van der Waals surface area contributed by atoms with Gasteiger partial charge in [0.2, 0.25) is 11.8 Å². The lowest BCUT2D eigenvalue weighted by atomic mass is 9.75. The van der Waals surface area contributed by atoms with Crippen molar-refractivity contribution < 1.29 is 14.1 Å². The number of amides is 2. The van der Waals surface area contributed by atoms with E-state index in [9.17, 15) is 9.59 Å². The Labute approximate surface area is 171 Å². The number of carbonyl (C=O) groups is 2. The Bertz CT molecular complexity index is 898. The number of rotatable bonds is 5. The predicted octanol–water partition coefficient (Wildman–Crippen LogP) is 3.30. The first kappa shape index (κ1) is 19.7. The van der Waals surface area contributed by atoms with E-state index in [2.05, 4.69) is 5.16 Å². The molecular formula is C23H29N3O3. The van der Waals surface area contributed by atoms with E-state index in [4.69, 9.17) is 4.52 Å². The first-order valence-corrected chi connectivity index (χ1v) is 10.4. The zero-order chi connectivity index (χ0) is 20.6. The van der Waals surface area contributed by atoms with E-state index in [0.717, 1.165) is 43.5 Å². The number of benzene rings is 1. The van der Waals surface area contributed by atoms with Gasteiger partial charge in [-0.15, -0.1) is 0 Å². The van der Waals surface area contributed by atoms with Gasteiger partial charge in [0.25, 0.3) is 0 Å². The highest BCUT2D eigenvalue weighted by Gasteiger charge is 2.47. The van der Waals surface area contributed by atoms with Crippen molar-refractivity contribution in [1.82, 2.24) is 15.0 Å². The number of piperidine rings is 1. The highest BCUT2D eigenvalue weighted by Crippen LogP contribution is 2.39. The summed E-state index contributed by atoms with van der Waals surface area (Å²) in [7, 11) is 3.56. The maximum Gasteiger partial charge on any atom is 0.230 e. The van der Waals surface area contributed by atoms with Gasteiger partial charge < -0.3 is 14.3 Å². The molecule has 0 radical (unpaired) electrons. The highest BCUT2D eigenvalue weighted by molar-refractivity contribution is 5.86. The third kappa shape index (κ3) is 4.07. The van der Waals surface area contributed by atoms with Crippen LogP contribution in [-0.2, 0) is 16.0 Å². The van der Waals surface area contributed by atoms with E-state index in [1.807, 2.05) is 42.2 Å². The topological polar surface area (TPSA) is 66.7 Å². The molecule has 1 aliphatic carbocycles. The second kappa shape index (κ2) is 7.65. The molecule has 6 nitrogen and oxygen atoms in total. The lowest BCUT2D eigenvalue weighted by Gasteiger charge is -2.42. The molecule has 2 aliphatic rings. The first-order valence-electron chi connectivity index (χ1n) is 10.4. The Morgan fingerprint density at radius 1 is 1.24 bits per heavy atom. The molecule has 0 bridgehead atoms. The van der Waals surface area contributed by atoms with E-state index in [-0.39, 0.29) is 17.7 Å². The van der Waals surface area contributed by atoms with Crippen LogP contribution in [0.25, 0.3) is 11.3 Å². The number of nitrogens with zero attached hydrogens (tertiary/aromatic N) is 3. The zero-order valence-electron chi connectivity index (χ0n) is 17.5. The van der Waals surface area contributed by atoms with Gasteiger partial charge >= 0.3 is 0 Å². The molecule has 0 N–H and O–H groups in total. The smallest absolute Gasteiger partial charge is 0.230 e. The molecule has 1 saturated heterocycles. The lowest BCUT2D eigenvalue weighted by molar-refractivity contribution is -0.148. The highest BCUT2D eigenvalue weighted by atomic mass is 16.5. The van der Waals surface area contributed by atoms with Crippen molar-refractivity contribution in [2.24, 2.45) is 11.3 Å². The number of hydrogen-bond donors (Lipinski definition) is 0. The first-order chi connectivity index (χ1) is 13.9. The summed E-state index contributed by atoms with van der Waals surface area (Å²) in [6, 6.07) is 10.1. The third-order valence-electron chi connectivity index (χ3n) is 6.09. The normalized spacial score (nSPS) is 21.8. The molecule has 29 heavy (non-hydrogen) atoms.